The summed E-state index contributed by atoms with van der Waals surface area (Å²) in [7, 11) is 0. The predicted molar refractivity (Wildman–Crippen MR) is 132 cm³/mol. The van der Waals surface area contributed by atoms with Crippen molar-refractivity contribution in [2.24, 2.45) is 5.92 Å². The number of hydrogen-bond donors (Lipinski definition) is 3. The quantitative estimate of drug-likeness (QED) is 0.564. The van der Waals surface area contributed by atoms with Crippen LogP contribution < -0.4 is 10.6 Å². The lowest BCUT2D eigenvalue weighted by molar-refractivity contribution is 0.0889. The minimum Gasteiger partial charge on any atom is -0.392 e. The van der Waals surface area contributed by atoms with Gasteiger partial charge in [-0.3, -0.25) is 4.79 Å². The third-order valence-electron chi connectivity index (χ3n) is 7.41. The minimum atomic E-state index is -0.486. The first-order valence-corrected chi connectivity index (χ1v) is 12.0. The van der Waals surface area contributed by atoms with Gasteiger partial charge >= 0.3 is 0 Å². The minimum absolute atomic E-state index is 0.00896. The maximum atomic E-state index is 13.6. The number of anilines is 1. The van der Waals surface area contributed by atoms with E-state index in [9.17, 15) is 9.90 Å². The first-order chi connectivity index (χ1) is 15.8. The van der Waals surface area contributed by atoms with E-state index in [2.05, 4.69) is 67.7 Å². The Morgan fingerprint density at radius 2 is 1.97 bits per heavy atom. The van der Waals surface area contributed by atoms with Crippen molar-refractivity contribution >= 4 is 11.7 Å². The fourth-order valence-corrected chi connectivity index (χ4v) is 5.24. The molecule has 0 spiro atoms. The van der Waals surface area contributed by atoms with E-state index in [1.165, 1.54) is 0 Å². The molecule has 176 valence electrons. The number of amides is 1. The third kappa shape index (κ3) is 4.36. The summed E-state index contributed by atoms with van der Waals surface area (Å²) in [6.07, 6.45) is 13.8. The fourth-order valence-electron chi connectivity index (χ4n) is 5.24. The second-order valence-electron chi connectivity index (χ2n) is 9.90. The maximum Gasteiger partial charge on any atom is 0.257 e. The molecule has 0 radical (unpaired) electrons. The lowest BCUT2D eigenvalue weighted by Crippen LogP contribution is -2.47. The number of nitrogens with one attached hydrogen (secondary N) is 2. The van der Waals surface area contributed by atoms with Gasteiger partial charge in [0.15, 0.2) is 0 Å². The highest BCUT2D eigenvalue weighted by atomic mass is 16.3. The Hall–Kier alpha value is -2.86. The Bertz CT molecular complexity index is 1040. The molecule has 1 unspecified atom stereocenters. The highest BCUT2D eigenvalue weighted by Crippen LogP contribution is 2.38. The van der Waals surface area contributed by atoms with Gasteiger partial charge in [-0.25, -0.2) is 4.68 Å². The van der Waals surface area contributed by atoms with E-state index < -0.39 is 5.54 Å². The van der Waals surface area contributed by atoms with Crippen molar-refractivity contribution in [1.82, 2.24) is 15.1 Å². The van der Waals surface area contributed by atoms with Gasteiger partial charge in [0.05, 0.1) is 23.9 Å². The summed E-state index contributed by atoms with van der Waals surface area (Å²) in [6, 6.07) is 8.10. The molecule has 0 saturated carbocycles. The summed E-state index contributed by atoms with van der Waals surface area (Å²) in [6.45, 7) is 8.57. The van der Waals surface area contributed by atoms with Crippen LogP contribution in [0.25, 0.3) is 0 Å². The molecule has 1 amide bonds. The van der Waals surface area contributed by atoms with Gasteiger partial charge in [0.25, 0.3) is 5.91 Å². The Morgan fingerprint density at radius 1 is 1.24 bits per heavy atom. The van der Waals surface area contributed by atoms with Crippen LogP contribution in [0.2, 0.25) is 0 Å². The molecule has 1 aliphatic carbocycles. The predicted octanol–water partition coefficient (Wildman–Crippen LogP) is 4.87. The van der Waals surface area contributed by atoms with Crippen LogP contribution in [-0.2, 0) is 17.7 Å². The van der Waals surface area contributed by atoms with Crippen molar-refractivity contribution < 1.29 is 9.90 Å². The highest BCUT2D eigenvalue weighted by Gasteiger charge is 2.39. The summed E-state index contributed by atoms with van der Waals surface area (Å²) in [5.74, 6) is 1.08. The normalized spacial score (nSPS) is 21.4. The second-order valence-corrected chi connectivity index (χ2v) is 9.90. The number of allylic oxidation sites excluding steroid dienone is 3. The van der Waals surface area contributed by atoms with Crippen LogP contribution >= 0.6 is 0 Å². The number of carbonyl (C=O) groups is 1. The molecule has 33 heavy (non-hydrogen) atoms. The van der Waals surface area contributed by atoms with Crippen molar-refractivity contribution in [1.29, 1.82) is 0 Å². The number of benzene rings is 1. The number of fused-ring (bicyclic) bond motifs is 1. The SMILES string of the molecule is CCC(CC)(NC(=O)c1cnn2c1N[C@@H](C1C=CC=CC1)CC2(C)C)c1ccc(CO)cc1. The molecule has 2 aromatic rings. The first kappa shape index (κ1) is 23.3. The molecule has 0 saturated heterocycles. The van der Waals surface area contributed by atoms with E-state index in [0.717, 1.165) is 42.6 Å². The van der Waals surface area contributed by atoms with Crippen LogP contribution in [0.1, 0.15) is 74.9 Å². The van der Waals surface area contributed by atoms with Crippen molar-refractivity contribution in [2.45, 2.75) is 77.1 Å². The van der Waals surface area contributed by atoms with E-state index in [-0.39, 0.29) is 24.1 Å². The standard InChI is InChI=1S/C27H36N4O2/c1-5-27(6-2,21-14-12-19(18-32)13-15-21)30-25(33)22-17-28-31-24(22)29-23(16-26(31,3)4)20-10-8-7-9-11-20/h7-10,12-15,17,20,23,29,32H,5-6,11,16,18H2,1-4H3,(H,30,33)/t20?,23-/m1/s1. The van der Waals surface area contributed by atoms with E-state index in [0.29, 0.717) is 11.5 Å². The van der Waals surface area contributed by atoms with Crippen LogP contribution in [0.4, 0.5) is 5.82 Å². The molecule has 0 bridgehead atoms. The number of nitrogens with zero attached hydrogens (tertiary/aromatic N) is 2. The van der Waals surface area contributed by atoms with Gasteiger partial charge in [-0.1, -0.05) is 62.4 Å². The van der Waals surface area contributed by atoms with E-state index >= 15 is 0 Å². The van der Waals surface area contributed by atoms with E-state index in [4.69, 9.17) is 0 Å². The molecular formula is C27H36N4O2. The second kappa shape index (κ2) is 9.18. The van der Waals surface area contributed by atoms with Gasteiger partial charge in [0, 0.05) is 12.0 Å². The van der Waals surface area contributed by atoms with Gasteiger partial charge in [0.1, 0.15) is 11.4 Å². The maximum absolute atomic E-state index is 13.6. The van der Waals surface area contributed by atoms with E-state index in [1.807, 2.05) is 28.9 Å². The number of aliphatic hydroxyl groups excluding tert-OH is 1. The highest BCUT2D eigenvalue weighted by molar-refractivity contribution is 5.99. The summed E-state index contributed by atoms with van der Waals surface area (Å²) in [4.78, 5) is 13.6. The van der Waals surface area contributed by atoms with Crippen LogP contribution in [-0.4, -0.2) is 26.8 Å². The molecule has 2 atom stereocenters. The molecule has 6 nitrogen and oxygen atoms in total. The van der Waals surface area contributed by atoms with Gasteiger partial charge in [-0.15, -0.1) is 0 Å². The summed E-state index contributed by atoms with van der Waals surface area (Å²) < 4.78 is 1.97. The number of aromatic nitrogens is 2. The molecule has 0 fully saturated rings. The van der Waals surface area contributed by atoms with Gasteiger partial charge < -0.3 is 15.7 Å². The topological polar surface area (TPSA) is 79.2 Å². The molecule has 2 heterocycles. The van der Waals surface area contributed by atoms with Crippen LogP contribution in [0.15, 0.2) is 54.8 Å². The largest absolute Gasteiger partial charge is 0.392 e. The third-order valence-corrected chi connectivity index (χ3v) is 7.41. The molecule has 1 aromatic heterocycles. The summed E-state index contributed by atoms with van der Waals surface area (Å²) in [5, 5.41) is 21.0. The molecule has 6 heteroatoms. The molecule has 4 rings (SSSR count). The number of rotatable bonds is 7. The number of hydrogen-bond acceptors (Lipinski definition) is 4. The smallest absolute Gasteiger partial charge is 0.257 e. The molecule has 2 aliphatic rings. The van der Waals surface area contributed by atoms with Crippen LogP contribution in [0.5, 0.6) is 0 Å². The zero-order valence-corrected chi connectivity index (χ0v) is 20.1. The van der Waals surface area contributed by atoms with Crippen molar-refractivity contribution in [3.63, 3.8) is 0 Å². The number of carbonyl (C=O) groups excluding carboxylic acids is 1. The first-order valence-electron chi connectivity index (χ1n) is 12.0. The molecule has 1 aliphatic heterocycles. The lowest BCUT2D eigenvalue weighted by Gasteiger charge is -2.41. The Labute approximate surface area is 196 Å². The number of aliphatic hydroxyl groups is 1. The Balaban J connectivity index is 1.63. The van der Waals surface area contributed by atoms with Gasteiger partial charge in [-0.05, 0) is 50.7 Å². The Morgan fingerprint density at radius 3 is 2.58 bits per heavy atom. The average molecular weight is 449 g/mol. The Kier molecular flexibility index (Phi) is 6.48. The molecular weight excluding hydrogens is 412 g/mol. The molecule has 1 aromatic carbocycles. The fraction of sp³-hybridized carbons (Fsp3) is 0.481. The summed E-state index contributed by atoms with van der Waals surface area (Å²) in [5.41, 5.74) is 1.82. The van der Waals surface area contributed by atoms with Crippen LogP contribution in [0.3, 0.4) is 0 Å². The van der Waals surface area contributed by atoms with Gasteiger partial charge in [0.2, 0.25) is 0 Å². The van der Waals surface area contributed by atoms with E-state index in [1.54, 1.807) is 6.20 Å². The van der Waals surface area contributed by atoms with Crippen molar-refractivity contribution in [3.05, 3.63) is 71.5 Å². The average Bonchev–Trinajstić information content (AvgIpc) is 3.28. The van der Waals surface area contributed by atoms with Crippen molar-refractivity contribution in [2.75, 3.05) is 5.32 Å². The van der Waals surface area contributed by atoms with Crippen LogP contribution in [0, 0.1) is 5.92 Å². The zero-order chi connectivity index (χ0) is 23.6. The van der Waals surface area contributed by atoms with Crippen molar-refractivity contribution in [3.8, 4) is 0 Å². The zero-order valence-electron chi connectivity index (χ0n) is 20.1. The molecule has 3 N–H and O–H groups in total. The lowest BCUT2D eigenvalue weighted by atomic mass is 9.82. The summed E-state index contributed by atoms with van der Waals surface area (Å²) >= 11 is 0. The monoisotopic (exact) mass is 448 g/mol. The van der Waals surface area contributed by atoms with Gasteiger partial charge in [-0.2, -0.15) is 5.10 Å².